The van der Waals surface area contributed by atoms with Crippen LogP contribution in [0.3, 0.4) is 0 Å². The molecule has 5 heteroatoms. The second-order valence-corrected chi connectivity index (χ2v) is 5.99. The number of piperidine rings is 1. The number of nitrogens with one attached hydrogen (secondary N) is 1. The van der Waals surface area contributed by atoms with Gasteiger partial charge in [0.05, 0.1) is 7.11 Å². The summed E-state index contributed by atoms with van der Waals surface area (Å²) in [7, 11) is 1.50. The van der Waals surface area contributed by atoms with Crippen molar-refractivity contribution in [2.45, 2.75) is 32.2 Å². The molecular formula is C17H22FN3O. The van der Waals surface area contributed by atoms with Gasteiger partial charge in [0.1, 0.15) is 5.82 Å². The van der Waals surface area contributed by atoms with Crippen LogP contribution in [0.25, 0.3) is 0 Å². The van der Waals surface area contributed by atoms with Crippen molar-refractivity contribution < 1.29 is 9.13 Å². The van der Waals surface area contributed by atoms with Crippen LogP contribution >= 0.6 is 0 Å². The molecule has 1 aromatic carbocycles. The van der Waals surface area contributed by atoms with Gasteiger partial charge < -0.3 is 9.72 Å². The maximum atomic E-state index is 13.5. The van der Waals surface area contributed by atoms with Crippen molar-refractivity contribution in [2.75, 3.05) is 20.2 Å². The summed E-state index contributed by atoms with van der Waals surface area (Å²) in [4.78, 5) is 10.2. The molecule has 2 heterocycles. The fourth-order valence-corrected chi connectivity index (χ4v) is 3.12. The highest BCUT2D eigenvalue weighted by molar-refractivity contribution is 5.30. The van der Waals surface area contributed by atoms with Gasteiger partial charge in [0.2, 0.25) is 0 Å². The second-order valence-electron chi connectivity index (χ2n) is 5.99. The maximum Gasteiger partial charge on any atom is 0.165 e. The highest BCUT2D eigenvalue weighted by atomic mass is 19.1. The van der Waals surface area contributed by atoms with Crippen LogP contribution in [0, 0.1) is 12.7 Å². The van der Waals surface area contributed by atoms with E-state index in [0.717, 1.165) is 49.6 Å². The van der Waals surface area contributed by atoms with Crippen LogP contribution < -0.4 is 4.74 Å². The van der Waals surface area contributed by atoms with Gasteiger partial charge in [0.25, 0.3) is 0 Å². The molecule has 0 amide bonds. The number of ether oxygens (including phenoxy) is 1. The van der Waals surface area contributed by atoms with Crippen molar-refractivity contribution in [3.05, 3.63) is 47.3 Å². The molecule has 1 fully saturated rings. The minimum absolute atomic E-state index is 0.311. The Morgan fingerprint density at radius 2 is 2.32 bits per heavy atom. The largest absolute Gasteiger partial charge is 0.494 e. The molecular weight excluding hydrogens is 281 g/mol. The number of H-pyrrole nitrogens is 1. The molecule has 0 bridgehead atoms. The SMILES string of the molecule is COc1cc(CN2CCCC(c3ncc(C)[nH]3)C2)ccc1F. The van der Waals surface area contributed by atoms with E-state index in [4.69, 9.17) is 4.74 Å². The first kappa shape index (κ1) is 15.0. The lowest BCUT2D eigenvalue weighted by molar-refractivity contribution is 0.196. The first-order valence-electron chi connectivity index (χ1n) is 7.72. The van der Waals surface area contributed by atoms with Gasteiger partial charge in [0.15, 0.2) is 11.6 Å². The number of aryl methyl sites for hydroxylation is 1. The van der Waals surface area contributed by atoms with Gasteiger partial charge in [-0.25, -0.2) is 9.37 Å². The van der Waals surface area contributed by atoms with Gasteiger partial charge in [0, 0.05) is 30.9 Å². The zero-order valence-corrected chi connectivity index (χ0v) is 13.1. The van der Waals surface area contributed by atoms with E-state index in [0.29, 0.717) is 11.7 Å². The van der Waals surface area contributed by atoms with Crippen LogP contribution in [0.5, 0.6) is 5.75 Å². The van der Waals surface area contributed by atoms with E-state index in [9.17, 15) is 4.39 Å². The highest BCUT2D eigenvalue weighted by Crippen LogP contribution is 2.27. The molecule has 1 saturated heterocycles. The average Bonchev–Trinajstić information content (AvgIpc) is 2.96. The van der Waals surface area contributed by atoms with Crippen molar-refractivity contribution >= 4 is 0 Å². The summed E-state index contributed by atoms with van der Waals surface area (Å²) >= 11 is 0. The molecule has 1 aliphatic rings. The topological polar surface area (TPSA) is 41.1 Å². The third-order valence-corrected chi connectivity index (χ3v) is 4.24. The van der Waals surface area contributed by atoms with Crippen molar-refractivity contribution in [1.29, 1.82) is 0 Å². The minimum Gasteiger partial charge on any atom is -0.494 e. The number of nitrogens with zero attached hydrogens (tertiary/aromatic N) is 2. The van der Waals surface area contributed by atoms with E-state index in [1.54, 1.807) is 6.07 Å². The third-order valence-electron chi connectivity index (χ3n) is 4.24. The molecule has 2 aromatic rings. The van der Waals surface area contributed by atoms with Crippen LogP contribution in [-0.2, 0) is 6.54 Å². The van der Waals surface area contributed by atoms with Crippen LogP contribution in [0.1, 0.15) is 35.8 Å². The Bertz CT molecular complexity index is 641. The summed E-state index contributed by atoms with van der Waals surface area (Å²) < 4.78 is 18.5. The summed E-state index contributed by atoms with van der Waals surface area (Å²) in [5.74, 6) is 1.53. The number of imidazole rings is 1. The summed E-state index contributed by atoms with van der Waals surface area (Å²) in [5.41, 5.74) is 2.19. The Morgan fingerprint density at radius 3 is 3.05 bits per heavy atom. The minimum atomic E-state index is -0.311. The fourth-order valence-electron chi connectivity index (χ4n) is 3.12. The summed E-state index contributed by atoms with van der Waals surface area (Å²) in [6, 6.07) is 5.10. The molecule has 3 rings (SSSR count). The van der Waals surface area contributed by atoms with Crippen LogP contribution in [-0.4, -0.2) is 35.1 Å². The van der Waals surface area contributed by atoms with Crippen LogP contribution in [0.4, 0.5) is 4.39 Å². The Hall–Kier alpha value is -1.88. The van der Waals surface area contributed by atoms with Crippen LogP contribution in [0.15, 0.2) is 24.4 Å². The first-order chi connectivity index (χ1) is 10.7. The van der Waals surface area contributed by atoms with E-state index in [-0.39, 0.29) is 5.82 Å². The quantitative estimate of drug-likeness (QED) is 0.942. The summed E-state index contributed by atoms with van der Waals surface area (Å²) in [6.45, 7) is 4.89. The molecule has 0 radical (unpaired) electrons. The normalized spacial score (nSPS) is 19.3. The molecule has 4 nitrogen and oxygen atoms in total. The van der Waals surface area contributed by atoms with Crippen molar-refractivity contribution in [3.63, 3.8) is 0 Å². The highest BCUT2D eigenvalue weighted by Gasteiger charge is 2.23. The van der Waals surface area contributed by atoms with Crippen molar-refractivity contribution in [2.24, 2.45) is 0 Å². The van der Waals surface area contributed by atoms with E-state index >= 15 is 0 Å². The van der Waals surface area contributed by atoms with E-state index in [2.05, 4.69) is 14.9 Å². The number of halogens is 1. The van der Waals surface area contributed by atoms with Gasteiger partial charge in [-0.15, -0.1) is 0 Å². The molecule has 0 saturated carbocycles. The Kier molecular flexibility index (Phi) is 4.43. The Morgan fingerprint density at radius 1 is 1.45 bits per heavy atom. The summed E-state index contributed by atoms with van der Waals surface area (Å²) in [5, 5.41) is 0. The first-order valence-corrected chi connectivity index (χ1v) is 7.72. The predicted octanol–water partition coefficient (Wildman–Crippen LogP) is 3.25. The molecule has 0 aliphatic carbocycles. The maximum absolute atomic E-state index is 13.5. The number of rotatable bonds is 4. The molecule has 22 heavy (non-hydrogen) atoms. The second kappa shape index (κ2) is 6.48. The summed E-state index contributed by atoms with van der Waals surface area (Å²) in [6.07, 6.45) is 4.21. The predicted molar refractivity (Wildman–Crippen MR) is 83.5 cm³/mol. The van der Waals surface area contributed by atoms with Gasteiger partial charge in [-0.2, -0.15) is 0 Å². The van der Waals surface area contributed by atoms with Gasteiger partial charge in [-0.05, 0) is 44.0 Å². The van der Waals surface area contributed by atoms with E-state index < -0.39 is 0 Å². The molecule has 0 spiro atoms. The van der Waals surface area contributed by atoms with Gasteiger partial charge in [-0.1, -0.05) is 6.07 Å². The van der Waals surface area contributed by atoms with E-state index in [1.807, 2.05) is 19.2 Å². The number of aromatic nitrogens is 2. The molecule has 1 unspecified atom stereocenters. The van der Waals surface area contributed by atoms with E-state index in [1.165, 1.54) is 13.2 Å². The Balaban J connectivity index is 1.67. The molecule has 1 aromatic heterocycles. The lowest BCUT2D eigenvalue weighted by Gasteiger charge is -2.31. The number of hydrogen-bond acceptors (Lipinski definition) is 3. The average molecular weight is 303 g/mol. The van der Waals surface area contributed by atoms with Crippen LogP contribution in [0.2, 0.25) is 0 Å². The molecule has 1 atom stereocenters. The smallest absolute Gasteiger partial charge is 0.165 e. The Labute approximate surface area is 130 Å². The number of aromatic amines is 1. The number of likely N-dealkylation sites (tertiary alicyclic amines) is 1. The monoisotopic (exact) mass is 303 g/mol. The van der Waals surface area contributed by atoms with Gasteiger partial charge in [-0.3, -0.25) is 4.90 Å². The van der Waals surface area contributed by atoms with Gasteiger partial charge >= 0.3 is 0 Å². The third kappa shape index (κ3) is 3.30. The number of benzene rings is 1. The number of methoxy groups -OCH3 is 1. The molecule has 1 N–H and O–H groups in total. The lowest BCUT2D eigenvalue weighted by atomic mass is 9.97. The fraction of sp³-hybridized carbons (Fsp3) is 0.471. The molecule has 118 valence electrons. The van der Waals surface area contributed by atoms with Crippen molar-refractivity contribution in [3.8, 4) is 5.75 Å². The standard InChI is InChI=1S/C17H22FN3O/c1-12-9-19-17(20-12)14-4-3-7-21(11-14)10-13-5-6-15(18)16(8-13)22-2/h5-6,8-9,14H,3-4,7,10-11H2,1-2H3,(H,19,20). The zero-order chi connectivity index (χ0) is 15.5. The van der Waals surface area contributed by atoms with Crippen molar-refractivity contribution in [1.82, 2.24) is 14.9 Å². The molecule has 1 aliphatic heterocycles. The lowest BCUT2D eigenvalue weighted by Crippen LogP contribution is -2.34. The number of hydrogen-bond donors (Lipinski definition) is 1. The zero-order valence-electron chi connectivity index (χ0n) is 13.1.